The molecule has 0 fully saturated rings. The van der Waals surface area contributed by atoms with Gasteiger partial charge in [-0.2, -0.15) is 0 Å². The molecule has 0 aromatic rings. The lowest BCUT2D eigenvalue weighted by Crippen LogP contribution is -2.39. The normalized spacial score (nSPS) is 14.6. The Balaban J connectivity index is 3.84. The van der Waals surface area contributed by atoms with Gasteiger partial charge in [0.15, 0.2) is 0 Å². The van der Waals surface area contributed by atoms with Crippen molar-refractivity contribution in [3.05, 3.63) is 0 Å². The van der Waals surface area contributed by atoms with E-state index in [1.54, 1.807) is 0 Å². The summed E-state index contributed by atoms with van der Waals surface area (Å²) in [6.45, 7) is 9.10. The summed E-state index contributed by atoms with van der Waals surface area (Å²) in [4.78, 5) is 0. The van der Waals surface area contributed by atoms with Gasteiger partial charge in [-0.1, -0.05) is 52.2 Å². The van der Waals surface area contributed by atoms with E-state index < -0.39 is 18.1 Å². The highest BCUT2D eigenvalue weighted by Crippen LogP contribution is 2.09. The van der Waals surface area contributed by atoms with E-state index in [1.807, 2.05) is 0 Å². The highest BCUT2D eigenvalue weighted by atomic mass is 32.2. The van der Waals surface area contributed by atoms with Crippen LogP contribution >= 0.6 is 0 Å². The summed E-state index contributed by atoms with van der Waals surface area (Å²) >= 11 is 0. The van der Waals surface area contributed by atoms with Crippen molar-refractivity contribution in [3.8, 4) is 0 Å². The van der Waals surface area contributed by atoms with Crippen LogP contribution in [0.15, 0.2) is 0 Å². The maximum atomic E-state index is 11.8. The minimum Gasteiger partial charge on any atom is -0.327 e. The zero-order valence-electron chi connectivity index (χ0n) is 13.0. The Kier molecular flexibility index (Phi) is 9.14. The lowest BCUT2D eigenvalue weighted by atomic mass is 10.1. The van der Waals surface area contributed by atoms with Gasteiger partial charge in [0.25, 0.3) is 0 Å². The zero-order chi connectivity index (χ0) is 14.9. The van der Waals surface area contributed by atoms with Crippen LogP contribution in [0.2, 0.25) is 25.7 Å². The maximum Gasteiger partial charge on any atom is 0.211 e. The highest BCUT2D eigenvalue weighted by molar-refractivity contribution is 7.89. The van der Waals surface area contributed by atoms with Gasteiger partial charge >= 0.3 is 0 Å². The van der Waals surface area contributed by atoms with E-state index in [2.05, 4.69) is 31.3 Å². The van der Waals surface area contributed by atoms with Gasteiger partial charge in [0.05, 0.1) is 5.75 Å². The van der Waals surface area contributed by atoms with E-state index in [4.69, 9.17) is 5.73 Å². The second-order valence-corrected chi connectivity index (χ2v) is 14.1. The third-order valence-corrected chi connectivity index (χ3v) is 6.58. The van der Waals surface area contributed by atoms with Gasteiger partial charge < -0.3 is 5.73 Å². The van der Waals surface area contributed by atoms with Crippen molar-refractivity contribution in [3.63, 3.8) is 0 Å². The van der Waals surface area contributed by atoms with E-state index in [1.165, 1.54) is 19.3 Å². The average molecular weight is 309 g/mol. The standard InChI is InChI=1S/C13H32N2O2SSi/c1-5-6-7-8-9-13(14)12-15-18(16,17)10-11-19(2,3)4/h13,15H,5-12,14H2,1-4H3. The maximum absolute atomic E-state index is 11.8. The molecular formula is C13H32N2O2SSi. The van der Waals surface area contributed by atoms with Crippen molar-refractivity contribution < 1.29 is 8.42 Å². The molecule has 0 saturated heterocycles. The van der Waals surface area contributed by atoms with Gasteiger partial charge in [-0.05, 0) is 12.5 Å². The first-order valence-corrected chi connectivity index (χ1v) is 12.7. The molecule has 19 heavy (non-hydrogen) atoms. The van der Waals surface area contributed by atoms with E-state index in [0.29, 0.717) is 6.54 Å². The molecule has 6 heteroatoms. The Labute approximate surface area is 120 Å². The highest BCUT2D eigenvalue weighted by Gasteiger charge is 2.19. The summed E-state index contributed by atoms with van der Waals surface area (Å²) in [5, 5.41) is 0. The van der Waals surface area contributed by atoms with Gasteiger partial charge in [0.2, 0.25) is 10.0 Å². The van der Waals surface area contributed by atoms with Crippen LogP contribution < -0.4 is 10.5 Å². The molecule has 0 spiro atoms. The van der Waals surface area contributed by atoms with Gasteiger partial charge in [-0.15, -0.1) is 0 Å². The molecule has 0 aliphatic rings. The number of rotatable bonds is 11. The van der Waals surface area contributed by atoms with Crippen LogP contribution in [0.5, 0.6) is 0 Å². The molecule has 1 unspecified atom stereocenters. The molecule has 0 rings (SSSR count). The molecule has 0 heterocycles. The van der Waals surface area contributed by atoms with E-state index in [9.17, 15) is 8.42 Å². The van der Waals surface area contributed by atoms with Crippen LogP contribution in [0, 0.1) is 0 Å². The number of unbranched alkanes of at least 4 members (excludes halogenated alkanes) is 3. The largest absolute Gasteiger partial charge is 0.327 e. The minimum absolute atomic E-state index is 0.0569. The van der Waals surface area contributed by atoms with Crippen molar-refractivity contribution >= 4 is 18.1 Å². The first kappa shape index (κ1) is 19.1. The molecule has 4 nitrogen and oxygen atoms in total. The molecule has 3 N–H and O–H groups in total. The second-order valence-electron chi connectivity index (χ2n) is 6.59. The summed E-state index contributed by atoms with van der Waals surface area (Å²) < 4.78 is 26.3. The molecule has 0 aliphatic heterocycles. The van der Waals surface area contributed by atoms with Crippen LogP contribution in [-0.4, -0.2) is 34.8 Å². The number of nitrogens with two attached hydrogens (primary N) is 1. The molecule has 0 amide bonds. The zero-order valence-corrected chi connectivity index (χ0v) is 14.9. The quantitative estimate of drug-likeness (QED) is 0.455. The summed E-state index contributed by atoms with van der Waals surface area (Å²) in [5.41, 5.74) is 5.93. The Morgan fingerprint density at radius 1 is 1.16 bits per heavy atom. The second kappa shape index (κ2) is 9.10. The Morgan fingerprint density at radius 3 is 2.32 bits per heavy atom. The average Bonchev–Trinajstić information content (AvgIpc) is 2.29. The topological polar surface area (TPSA) is 72.2 Å². The molecule has 116 valence electrons. The minimum atomic E-state index is -3.14. The van der Waals surface area contributed by atoms with Gasteiger partial charge in [0.1, 0.15) is 0 Å². The summed E-state index contributed by atoms with van der Waals surface area (Å²) in [6.07, 6.45) is 5.61. The lowest BCUT2D eigenvalue weighted by Gasteiger charge is -2.17. The van der Waals surface area contributed by atoms with Crippen molar-refractivity contribution in [2.75, 3.05) is 12.3 Å². The predicted molar refractivity (Wildman–Crippen MR) is 86.7 cm³/mol. The molecule has 0 aromatic heterocycles. The first-order valence-electron chi connectivity index (χ1n) is 7.39. The van der Waals surface area contributed by atoms with Crippen molar-refractivity contribution in [1.29, 1.82) is 0 Å². The van der Waals surface area contributed by atoms with Crippen LogP contribution in [0.3, 0.4) is 0 Å². The first-order chi connectivity index (χ1) is 8.66. The molecule has 0 saturated carbocycles. The Bertz CT molecular complexity index is 326. The van der Waals surface area contributed by atoms with E-state index >= 15 is 0 Å². The smallest absolute Gasteiger partial charge is 0.211 e. The summed E-state index contributed by atoms with van der Waals surface area (Å²) in [7, 11) is -4.44. The molecule has 1 atom stereocenters. The fourth-order valence-electron chi connectivity index (χ4n) is 1.68. The number of nitrogens with one attached hydrogen (secondary N) is 1. The van der Waals surface area contributed by atoms with Crippen LogP contribution in [0.4, 0.5) is 0 Å². The van der Waals surface area contributed by atoms with Crippen molar-refractivity contribution in [2.24, 2.45) is 5.73 Å². The third-order valence-electron chi connectivity index (χ3n) is 3.11. The Hall–Kier alpha value is 0.0869. The molecule has 0 aromatic carbocycles. The fourth-order valence-corrected chi connectivity index (χ4v) is 5.82. The molecule has 0 bridgehead atoms. The third kappa shape index (κ3) is 12.8. The lowest BCUT2D eigenvalue weighted by molar-refractivity contribution is 0.529. The number of hydrogen-bond donors (Lipinski definition) is 2. The van der Waals surface area contributed by atoms with Gasteiger partial charge in [-0.25, -0.2) is 13.1 Å². The summed E-state index contributed by atoms with van der Waals surface area (Å²) in [5.74, 6) is 0.241. The molecule has 0 aliphatic carbocycles. The van der Waals surface area contributed by atoms with Crippen molar-refractivity contribution in [1.82, 2.24) is 4.72 Å². The number of sulfonamides is 1. The molecule has 0 radical (unpaired) electrons. The fraction of sp³-hybridized carbons (Fsp3) is 1.00. The van der Waals surface area contributed by atoms with Crippen molar-refractivity contribution in [2.45, 2.75) is 70.8 Å². The van der Waals surface area contributed by atoms with E-state index in [-0.39, 0.29) is 11.8 Å². The number of hydrogen-bond acceptors (Lipinski definition) is 3. The van der Waals surface area contributed by atoms with E-state index in [0.717, 1.165) is 18.9 Å². The van der Waals surface area contributed by atoms with Gasteiger partial charge in [-0.3, -0.25) is 0 Å². The van der Waals surface area contributed by atoms with Crippen LogP contribution in [0.1, 0.15) is 39.0 Å². The monoisotopic (exact) mass is 308 g/mol. The summed E-state index contributed by atoms with van der Waals surface area (Å²) in [6, 6.07) is 0.743. The van der Waals surface area contributed by atoms with Crippen LogP contribution in [0.25, 0.3) is 0 Å². The SMILES string of the molecule is CCCCCCC(N)CNS(=O)(=O)CC[Si](C)(C)C. The predicted octanol–water partition coefficient (Wildman–Crippen LogP) is 2.54. The molecular weight excluding hydrogens is 276 g/mol. The Morgan fingerprint density at radius 2 is 1.79 bits per heavy atom. The van der Waals surface area contributed by atoms with Crippen LogP contribution in [-0.2, 0) is 10.0 Å². The van der Waals surface area contributed by atoms with Gasteiger partial charge in [0, 0.05) is 20.7 Å².